The predicted molar refractivity (Wildman–Crippen MR) is 66.6 cm³/mol. The van der Waals surface area contributed by atoms with E-state index in [2.05, 4.69) is 11.9 Å². The first kappa shape index (κ1) is 12.2. The molecule has 0 saturated carbocycles. The molecule has 2 rings (SSSR count). The average Bonchev–Trinajstić information content (AvgIpc) is 2.71. The van der Waals surface area contributed by atoms with Gasteiger partial charge in [0.05, 0.1) is 6.61 Å². The summed E-state index contributed by atoms with van der Waals surface area (Å²) in [5.41, 5.74) is 5.70. The minimum absolute atomic E-state index is 0.104. The second-order valence-corrected chi connectivity index (χ2v) is 4.57. The summed E-state index contributed by atoms with van der Waals surface area (Å²) in [6.45, 7) is 1.75. The molecule has 0 aromatic heterocycles. The SMILES string of the molecule is CN1CCCC1CCOc1cccc(F)c1N. The number of rotatable bonds is 4. The smallest absolute Gasteiger partial charge is 0.149 e. The van der Waals surface area contributed by atoms with E-state index in [4.69, 9.17) is 10.5 Å². The number of benzene rings is 1. The molecule has 1 saturated heterocycles. The molecule has 1 aliphatic rings. The second-order valence-electron chi connectivity index (χ2n) is 4.57. The van der Waals surface area contributed by atoms with E-state index in [0.29, 0.717) is 18.4 Å². The summed E-state index contributed by atoms with van der Waals surface area (Å²) in [5.74, 6) is 0.0335. The molecule has 0 bridgehead atoms. The highest BCUT2D eigenvalue weighted by atomic mass is 19.1. The summed E-state index contributed by atoms with van der Waals surface area (Å²) in [4.78, 5) is 2.35. The Kier molecular flexibility index (Phi) is 3.84. The van der Waals surface area contributed by atoms with E-state index >= 15 is 0 Å². The summed E-state index contributed by atoms with van der Waals surface area (Å²) < 4.78 is 18.7. The third-order valence-electron chi connectivity index (χ3n) is 3.39. The lowest BCUT2D eigenvalue weighted by atomic mass is 10.1. The van der Waals surface area contributed by atoms with Crippen LogP contribution >= 0.6 is 0 Å². The number of hydrogen-bond donors (Lipinski definition) is 1. The summed E-state index contributed by atoms with van der Waals surface area (Å²) in [6, 6.07) is 5.25. The highest BCUT2D eigenvalue weighted by molar-refractivity contribution is 5.53. The van der Waals surface area contributed by atoms with Crippen molar-refractivity contribution in [1.82, 2.24) is 4.90 Å². The number of likely N-dealkylation sites (tertiary alicyclic amines) is 1. The lowest BCUT2D eigenvalue weighted by molar-refractivity contribution is 0.233. The molecule has 1 unspecified atom stereocenters. The van der Waals surface area contributed by atoms with Crippen LogP contribution in [-0.2, 0) is 0 Å². The minimum Gasteiger partial charge on any atom is -0.491 e. The molecule has 17 heavy (non-hydrogen) atoms. The number of halogens is 1. The average molecular weight is 238 g/mol. The van der Waals surface area contributed by atoms with Gasteiger partial charge in [0.1, 0.15) is 17.3 Å². The van der Waals surface area contributed by atoms with E-state index in [1.54, 1.807) is 12.1 Å². The molecule has 1 atom stereocenters. The first-order valence-electron chi connectivity index (χ1n) is 6.05. The third-order valence-corrected chi connectivity index (χ3v) is 3.39. The maximum atomic E-state index is 13.2. The van der Waals surface area contributed by atoms with E-state index in [1.807, 2.05) is 0 Å². The summed E-state index contributed by atoms with van der Waals surface area (Å²) >= 11 is 0. The molecule has 1 aromatic carbocycles. The van der Waals surface area contributed by atoms with Crippen LogP contribution in [0.2, 0.25) is 0 Å². The van der Waals surface area contributed by atoms with Crippen molar-refractivity contribution in [3.63, 3.8) is 0 Å². The molecule has 0 spiro atoms. The lowest BCUT2D eigenvalue weighted by Crippen LogP contribution is -2.26. The van der Waals surface area contributed by atoms with Crippen molar-refractivity contribution in [1.29, 1.82) is 0 Å². The molecule has 0 aliphatic carbocycles. The maximum absolute atomic E-state index is 13.2. The lowest BCUT2D eigenvalue weighted by Gasteiger charge is -2.19. The fraction of sp³-hybridized carbons (Fsp3) is 0.538. The van der Waals surface area contributed by atoms with Crippen molar-refractivity contribution >= 4 is 5.69 Å². The van der Waals surface area contributed by atoms with Crippen molar-refractivity contribution < 1.29 is 9.13 Å². The van der Waals surface area contributed by atoms with Crippen molar-refractivity contribution in [3.8, 4) is 5.75 Å². The Bertz CT molecular complexity index is 384. The quantitative estimate of drug-likeness (QED) is 0.818. The molecule has 1 fully saturated rings. The van der Waals surface area contributed by atoms with Crippen LogP contribution in [0.15, 0.2) is 18.2 Å². The van der Waals surface area contributed by atoms with Gasteiger partial charge in [0, 0.05) is 6.04 Å². The first-order valence-corrected chi connectivity index (χ1v) is 6.05. The van der Waals surface area contributed by atoms with Crippen LogP contribution in [0.3, 0.4) is 0 Å². The van der Waals surface area contributed by atoms with Gasteiger partial charge in [-0.3, -0.25) is 0 Å². The fourth-order valence-corrected chi connectivity index (χ4v) is 2.29. The molecule has 1 aromatic rings. The molecule has 1 heterocycles. The van der Waals surface area contributed by atoms with Crippen LogP contribution in [0.1, 0.15) is 19.3 Å². The van der Waals surface area contributed by atoms with E-state index < -0.39 is 5.82 Å². The molecular weight excluding hydrogens is 219 g/mol. The monoisotopic (exact) mass is 238 g/mol. The van der Waals surface area contributed by atoms with Crippen molar-refractivity contribution in [2.24, 2.45) is 0 Å². The Morgan fingerprint density at radius 2 is 2.35 bits per heavy atom. The van der Waals surface area contributed by atoms with E-state index in [9.17, 15) is 4.39 Å². The number of nitrogen functional groups attached to an aromatic ring is 1. The van der Waals surface area contributed by atoms with Crippen LogP contribution < -0.4 is 10.5 Å². The van der Waals surface area contributed by atoms with Gasteiger partial charge in [0.2, 0.25) is 0 Å². The Morgan fingerprint density at radius 3 is 3.06 bits per heavy atom. The van der Waals surface area contributed by atoms with Gasteiger partial charge in [-0.25, -0.2) is 4.39 Å². The zero-order valence-corrected chi connectivity index (χ0v) is 10.2. The van der Waals surface area contributed by atoms with Crippen LogP contribution in [-0.4, -0.2) is 31.1 Å². The van der Waals surface area contributed by atoms with Crippen molar-refractivity contribution in [3.05, 3.63) is 24.0 Å². The van der Waals surface area contributed by atoms with E-state index in [-0.39, 0.29) is 5.69 Å². The largest absolute Gasteiger partial charge is 0.491 e. The van der Waals surface area contributed by atoms with E-state index in [1.165, 1.54) is 18.9 Å². The number of nitrogens with two attached hydrogens (primary N) is 1. The summed E-state index contributed by atoms with van der Waals surface area (Å²) in [7, 11) is 2.13. The predicted octanol–water partition coefficient (Wildman–Crippen LogP) is 2.27. The normalized spacial score (nSPS) is 20.7. The van der Waals surface area contributed by atoms with Gasteiger partial charge >= 0.3 is 0 Å². The standard InChI is InChI=1S/C13H19FN2O/c1-16-8-3-4-10(16)7-9-17-12-6-2-5-11(14)13(12)15/h2,5-6,10H,3-4,7-9,15H2,1H3. The van der Waals surface area contributed by atoms with Gasteiger partial charge in [0.15, 0.2) is 0 Å². The van der Waals surface area contributed by atoms with E-state index in [0.717, 1.165) is 13.0 Å². The fourth-order valence-electron chi connectivity index (χ4n) is 2.29. The van der Waals surface area contributed by atoms with Crippen molar-refractivity contribution in [2.45, 2.75) is 25.3 Å². The van der Waals surface area contributed by atoms with Gasteiger partial charge in [-0.1, -0.05) is 6.07 Å². The first-order chi connectivity index (χ1) is 8.18. The van der Waals surface area contributed by atoms with Crippen LogP contribution in [0, 0.1) is 5.82 Å². The highest BCUT2D eigenvalue weighted by Gasteiger charge is 2.20. The molecule has 94 valence electrons. The van der Waals surface area contributed by atoms with Crippen LogP contribution in [0.4, 0.5) is 10.1 Å². The van der Waals surface area contributed by atoms with Crippen LogP contribution in [0.25, 0.3) is 0 Å². The molecule has 2 N–H and O–H groups in total. The summed E-state index contributed by atoms with van der Waals surface area (Å²) in [6.07, 6.45) is 3.44. The topological polar surface area (TPSA) is 38.5 Å². The van der Waals surface area contributed by atoms with Gasteiger partial charge in [-0.05, 0) is 45.0 Å². The Hall–Kier alpha value is -1.29. The minimum atomic E-state index is -0.416. The van der Waals surface area contributed by atoms with Gasteiger partial charge < -0.3 is 15.4 Å². The Labute approximate surface area is 101 Å². The van der Waals surface area contributed by atoms with Gasteiger partial charge in [0.25, 0.3) is 0 Å². The maximum Gasteiger partial charge on any atom is 0.149 e. The zero-order chi connectivity index (χ0) is 12.3. The van der Waals surface area contributed by atoms with Crippen LogP contribution in [0.5, 0.6) is 5.75 Å². The molecule has 4 heteroatoms. The van der Waals surface area contributed by atoms with Gasteiger partial charge in [-0.2, -0.15) is 0 Å². The Morgan fingerprint density at radius 1 is 1.53 bits per heavy atom. The van der Waals surface area contributed by atoms with Crippen molar-refractivity contribution in [2.75, 3.05) is 25.9 Å². The molecule has 0 amide bonds. The number of anilines is 1. The van der Waals surface area contributed by atoms with Gasteiger partial charge in [-0.15, -0.1) is 0 Å². The molecule has 1 aliphatic heterocycles. The second kappa shape index (κ2) is 5.36. The number of para-hydroxylation sites is 1. The third kappa shape index (κ3) is 2.88. The highest BCUT2D eigenvalue weighted by Crippen LogP contribution is 2.24. The Balaban J connectivity index is 1.84. The molecule has 0 radical (unpaired) electrons. The number of ether oxygens (including phenoxy) is 1. The molecular formula is C13H19FN2O. The summed E-state index contributed by atoms with van der Waals surface area (Å²) in [5, 5.41) is 0. The number of hydrogen-bond acceptors (Lipinski definition) is 3. The molecule has 3 nitrogen and oxygen atoms in total. The number of nitrogens with zero attached hydrogens (tertiary/aromatic N) is 1. The zero-order valence-electron chi connectivity index (χ0n) is 10.2.